The van der Waals surface area contributed by atoms with Crippen molar-refractivity contribution in [1.82, 2.24) is 14.5 Å². The summed E-state index contributed by atoms with van der Waals surface area (Å²) in [6, 6.07) is 8.81. The highest BCUT2D eigenvalue weighted by molar-refractivity contribution is 5.29. The van der Waals surface area contributed by atoms with E-state index in [0.717, 1.165) is 4.57 Å². The normalized spacial score (nSPS) is 13.2. The van der Waals surface area contributed by atoms with Crippen molar-refractivity contribution in [3.8, 4) is 0 Å². The summed E-state index contributed by atoms with van der Waals surface area (Å²) in [4.78, 5) is 24.2. The van der Waals surface area contributed by atoms with E-state index in [1.807, 2.05) is 0 Å². The number of nitrogens with one attached hydrogen (secondary N) is 1. The molecule has 0 aliphatic heterocycles. The van der Waals surface area contributed by atoms with Crippen molar-refractivity contribution in [2.24, 2.45) is 20.0 Å². The summed E-state index contributed by atoms with van der Waals surface area (Å²) in [7, 11) is 3.18. The second kappa shape index (κ2) is 7.62. The number of nitrogens with zero attached hydrogens (tertiary/aromatic N) is 2. The summed E-state index contributed by atoms with van der Waals surface area (Å²) < 4.78 is 2.60. The van der Waals surface area contributed by atoms with Crippen molar-refractivity contribution in [3.05, 3.63) is 68.0 Å². The maximum atomic E-state index is 12.3. The predicted molar refractivity (Wildman–Crippen MR) is 106 cm³/mol. The quantitative estimate of drug-likeness (QED) is 0.895. The van der Waals surface area contributed by atoms with Gasteiger partial charge in [-0.05, 0) is 22.5 Å². The fourth-order valence-corrected chi connectivity index (χ4v) is 3.15. The number of aromatic nitrogens is 2. The highest BCUT2D eigenvalue weighted by atomic mass is 16.2. The van der Waals surface area contributed by atoms with Crippen molar-refractivity contribution >= 4 is 0 Å². The van der Waals surface area contributed by atoms with Gasteiger partial charge in [-0.15, -0.1) is 0 Å². The molecule has 0 aliphatic carbocycles. The van der Waals surface area contributed by atoms with Crippen LogP contribution in [0.25, 0.3) is 0 Å². The molecule has 1 aromatic heterocycles. The maximum absolute atomic E-state index is 12.3. The van der Waals surface area contributed by atoms with E-state index in [1.54, 1.807) is 13.2 Å². The van der Waals surface area contributed by atoms with Gasteiger partial charge in [-0.2, -0.15) is 0 Å². The fourth-order valence-electron chi connectivity index (χ4n) is 3.15. The van der Waals surface area contributed by atoms with Gasteiger partial charge in [0.05, 0.1) is 0 Å². The molecule has 0 saturated carbocycles. The molecule has 1 heterocycles. The van der Waals surface area contributed by atoms with Gasteiger partial charge in [-0.1, -0.05) is 58.9 Å². The van der Waals surface area contributed by atoms with E-state index in [0.29, 0.717) is 18.0 Å². The van der Waals surface area contributed by atoms with Gasteiger partial charge in [-0.3, -0.25) is 9.36 Å². The van der Waals surface area contributed by atoms with Crippen LogP contribution in [0.4, 0.5) is 0 Å². The molecule has 0 spiro atoms. The molecule has 1 unspecified atom stereocenters. The first kappa shape index (κ1) is 20.2. The zero-order valence-corrected chi connectivity index (χ0v) is 17.0. The first-order valence-corrected chi connectivity index (χ1v) is 9.11. The van der Waals surface area contributed by atoms with E-state index in [-0.39, 0.29) is 22.7 Å². The standard InChI is InChI=1S/C21H31N3O2/c1-14(2)18(15-8-10-17(11-9-15)21(3,4)5)22-12-16-13-23(6)20(26)24(7)19(16)25/h8-11,13-14,18,22H,12H2,1-7H3. The van der Waals surface area contributed by atoms with Crippen LogP contribution < -0.4 is 16.6 Å². The van der Waals surface area contributed by atoms with E-state index >= 15 is 0 Å². The minimum absolute atomic E-state index is 0.125. The zero-order valence-electron chi connectivity index (χ0n) is 17.0. The summed E-state index contributed by atoms with van der Waals surface area (Å²) in [5.41, 5.74) is 2.67. The third-order valence-corrected chi connectivity index (χ3v) is 4.83. The largest absolute Gasteiger partial charge is 0.330 e. The molecule has 2 aromatic rings. The van der Waals surface area contributed by atoms with Crippen molar-refractivity contribution in [2.75, 3.05) is 0 Å². The van der Waals surface area contributed by atoms with Crippen LogP contribution >= 0.6 is 0 Å². The Hall–Kier alpha value is -2.14. The number of hydrogen-bond acceptors (Lipinski definition) is 3. The average molecular weight is 357 g/mol. The van der Waals surface area contributed by atoms with Gasteiger partial charge in [0.15, 0.2) is 0 Å². The Bertz CT molecular complexity index is 868. The lowest BCUT2D eigenvalue weighted by atomic mass is 9.85. The van der Waals surface area contributed by atoms with Crippen molar-refractivity contribution < 1.29 is 0 Å². The summed E-state index contributed by atoms with van der Waals surface area (Å²) in [6.45, 7) is 11.4. The van der Waals surface area contributed by atoms with Gasteiger partial charge < -0.3 is 9.88 Å². The smallest absolute Gasteiger partial charge is 0.305 e. The molecule has 0 bridgehead atoms. The van der Waals surface area contributed by atoms with Crippen LogP contribution in [0.15, 0.2) is 40.1 Å². The van der Waals surface area contributed by atoms with Crippen LogP contribution in [-0.2, 0) is 26.1 Å². The first-order chi connectivity index (χ1) is 12.0. The minimum Gasteiger partial charge on any atom is -0.305 e. The number of benzene rings is 1. The highest BCUT2D eigenvalue weighted by Crippen LogP contribution is 2.26. The van der Waals surface area contributed by atoms with Gasteiger partial charge in [0, 0.05) is 38.4 Å². The summed E-state index contributed by atoms with van der Waals surface area (Å²) in [6.07, 6.45) is 1.62. The van der Waals surface area contributed by atoms with E-state index in [2.05, 4.69) is 64.2 Å². The van der Waals surface area contributed by atoms with E-state index < -0.39 is 0 Å². The molecule has 0 amide bonds. The number of aryl methyl sites for hydroxylation is 1. The zero-order chi connectivity index (χ0) is 19.6. The molecule has 26 heavy (non-hydrogen) atoms. The minimum atomic E-state index is -0.308. The molecule has 1 N–H and O–H groups in total. The van der Waals surface area contributed by atoms with Crippen molar-refractivity contribution in [1.29, 1.82) is 0 Å². The van der Waals surface area contributed by atoms with Crippen LogP contribution in [0.3, 0.4) is 0 Å². The molecule has 1 aromatic carbocycles. The lowest BCUT2D eigenvalue weighted by molar-refractivity contribution is 0.408. The van der Waals surface area contributed by atoms with Crippen LogP contribution in [0, 0.1) is 5.92 Å². The van der Waals surface area contributed by atoms with E-state index in [4.69, 9.17) is 0 Å². The number of hydrogen-bond donors (Lipinski definition) is 1. The fraction of sp³-hybridized carbons (Fsp3) is 0.524. The molecule has 2 rings (SSSR count). The lowest BCUT2D eigenvalue weighted by Crippen LogP contribution is -2.40. The van der Waals surface area contributed by atoms with Gasteiger partial charge in [0.2, 0.25) is 0 Å². The lowest BCUT2D eigenvalue weighted by Gasteiger charge is -2.25. The molecule has 142 valence electrons. The van der Waals surface area contributed by atoms with E-state index in [1.165, 1.54) is 22.7 Å². The molecular weight excluding hydrogens is 326 g/mol. The summed E-state index contributed by atoms with van der Waals surface area (Å²) in [5, 5.41) is 3.50. The topological polar surface area (TPSA) is 56.0 Å². The number of rotatable bonds is 5. The highest BCUT2D eigenvalue weighted by Gasteiger charge is 2.18. The van der Waals surface area contributed by atoms with Crippen molar-refractivity contribution in [3.63, 3.8) is 0 Å². The molecular formula is C21H31N3O2. The molecule has 0 radical (unpaired) electrons. The van der Waals surface area contributed by atoms with Crippen LogP contribution in [0.5, 0.6) is 0 Å². The van der Waals surface area contributed by atoms with Gasteiger partial charge >= 0.3 is 5.69 Å². The maximum Gasteiger partial charge on any atom is 0.330 e. The SMILES string of the molecule is CC(C)C(NCc1cn(C)c(=O)n(C)c1=O)c1ccc(C(C)(C)C)cc1. The molecule has 5 heteroatoms. The Morgan fingerprint density at radius 2 is 1.62 bits per heavy atom. The molecule has 5 nitrogen and oxygen atoms in total. The summed E-state index contributed by atoms with van der Waals surface area (Å²) >= 11 is 0. The van der Waals surface area contributed by atoms with Crippen LogP contribution in [0.2, 0.25) is 0 Å². The Morgan fingerprint density at radius 3 is 2.12 bits per heavy atom. The monoisotopic (exact) mass is 357 g/mol. The van der Waals surface area contributed by atoms with Gasteiger partial charge in [0.25, 0.3) is 5.56 Å². The third kappa shape index (κ3) is 4.33. The van der Waals surface area contributed by atoms with E-state index in [9.17, 15) is 9.59 Å². The predicted octanol–water partition coefficient (Wildman–Crippen LogP) is 2.87. The summed E-state index contributed by atoms with van der Waals surface area (Å²) in [5.74, 6) is 0.367. The molecule has 1 atom stereocenters. The molecule has 0 fully saturated rings. The van der Waals surface area contributed by atoms with Crippen LogP contribution in [0.1, 0.15) is 57.4 Å². The second-order valence-corrected chi connectivity index (χ2v) is 8.39. The molecule has 0 aliphatic rings. The Labute approximate surface area is 155 Å². The second-order valence-electron chi connectivity index (χ2n) is 8.39. The van der Waals surface area contributed by atoms with Crippen molar-refractivity contribution in [2.45, 2.75) is 52.6 Å². The Kier molecular flexibility index (Phi) is 5.91. The van der Waals surface area contributed by atoms with Crippen LogP contribution in [-0.4, -0.2) is 9.13 Å². The average Bonchev–Trinajstić information content (AvgIpc) is 2.57. The molecule has 0 saturated heterocycles. The Balaban J connectivity index is 2.25. The van der Waals surface area contributed by atoms with Gasteiger partial charge in [0.1, 0.15) is 0 Å². The van der Waals surface area contributed by atoms with Gasteiger partial charge in [-0.25, -0.2) is 4.79 Å². The Morgan fingerprint density at radius 1 is 1.04 bits per heavy atom. The first-order valence-electron chi connectivity index (χ1n) is 9.11. The third-order valence-electron chi connectivity index (χ3n) is 4.83.